The summed E-state index contributed by atoms with van der Waals surface area (Å²) in [7, 11) is 0. The fourth-order valence-electron chi connectivity index (χ4n) is 4.56. The van der Waals surface area contributed by atoms with E-state index in [-0.39, 0.29) is 0 Å². The van der Waals surface area contributed by atoms with Crippen molar-refractivity contribution < 1.29 is 0 Å². The number of fused-ring (bicyclic) bond motifs is 2. The summed E-state index contributed by atoms with van der Waals surface area (Å²) in [5, 5.41) is 0. The first-order chi connectivity index (χ1) is 12.6. The average molecular weight is 349 g/mol. The van der Waals surface area contributed by atoms with Crippen molar-refractivity contribution in [3.63, 3.8) is 0 Å². The van der Waals surface area contributed by atoms with Crippen LogP contribution in [0.25, 0.3) is 0 Å². The number of nitrogens with zero attached hydrogens (tertiary/aromatic N) is 2. The summed E-state index contributed by atoms with van der Waals surface area (Å²) in [6.45, 7) is 11.6. The Balaban J connectivity index is 1.44. The second kappa shape index (κ2) is 7.54. The first kappa shape index (κ1) is 17.8. The molecule has 2 heterocycles. The second-order valence-electron chi connectivity index (χ2n) is 8.46. The minimum atomic E-state index is 0.589. The van der Waals surface area contributed by atoms with Crippen LogP contribution in [-0.2, 0) is 32.4 Å². The van der Waals surface area contributed by atoms with Gasteiger partial charge in [0.05, 0.1) is 0 Å². The van der Waals surface area contributed by atoms with Crippen molar-refractivity contribution in [1.82, 2.24) is 9.80 Å². The van der Waals surface area contributed by atoms with Crippen molar-refractivity contribution in [2.75, 3.05) is 13.1 Å². The van der Waals surface area contributed by atoms with E-state index in [0.717, 1.165) is 19.5 Å². The molecule has 0 amide bonds. The van der Waals surface area contributed by atoms with E-state index in [4.69, 9.17) is 0 Å². The first-order valence-corrected chi connectivity index (χ1v) is 10.3. The second-order valence-corrected chi connectivity index (χ2v) is 8.46. The van der Waals surface area contributed by atoms with Gasteiger partial charge in [0, 0.05) is 38.3 Å². The molecule has 0 aliphatic carbocycles. The van der Waals surface area contributed by atoms with Crippen LogP contribution in [0.3, 0.4) is 0 Å². The summed E-state index contributed by atoms with van der Waals surface area (Å²) in [6.07, 6.45) is 3.54. The molecule has 2 aliphatic heterocycles. The Kier molecular flexibility index (Phi) is 5.15. The summed E-state index contributed by atoms with van der Waals surface area (Å²) < 4.78 is 0. The van der Waals surface area contributed by atoms with E-state index < -0.39 is 0 Å². The van der Waals surface area contributed by atoms with Crippen LogP contribution in [0.1, 0.15) is 48.6 Å². The Bertz CT molecular complexity index is 765. The van der Waals surface area contributed by atoms with Gasteiger partial charge in [-0.1, -0.05) is 42.5 Å². The zero-order valence-corrected chi connectivity index (χ0v) is 16.5. The highest BCUT2D eigenvalue weighted by atomic mass is 15.2. The van der Waals surface area contributed by atoms with E-state index in [0.29, 0.717) is 12.1 Å². The quantitative estimate of drug-likeness (QED) is 0.806. The fraction of sp³-hybridized carbons (Fsp3) is 0.500. The highest BCUT2D eigenvalue weighted by Gasteiger charge is 2.22. The maximum absolute atomic E-state index is 2.65. The topological polar surface area (TPSA) is 6.48 Å². The smallest absolute Gasteiger partial charge is 0.0239 e. The molecule has 0 bridgehead atoms. The van der Waals surface area contributed by atoms with Crippen LogP contribution in [0, 0.1) is 0 Å². The van der Waals surface area contributed by atoms with Crippen LogP contribution >= 0.6 is 0 Å². The van der Waals surface area contributed by atoms with Crippen molar-refractivity contribution in [1.29, 1.82) is 0 Å². The lowest BCUT2D eigenvalue weighted by Crippen LogP contribution is -2.39. The summed E-state index contributed by atoms with van der Waals surface area (Å²) in [6, 6.07) is 17.4. The molecule has 1 atom stereocenters. The first-order valence-electron chi connectivity index (χ1n) is 10.3. The molecule has 0 spiro atoms. The molecule has 0 saturated heterocycles. The Morgan fingerprint density at radius 1 is 0.769 bits per heavy atom. The van der Waals surface area contributed by atoms with Crippen LogP contribution in [0.15, 0.2) is 42.5 Å². The third-order valence-corrected chi connectivity index (χ3v) is 6.36. The van der Waals surface area contributed by atoms with E-state index in [9.17, 15) is 0 Å². The molecular weight excluding hydrogens is 316 g/mol. The van der Waals surface area contributed by atoms with Crippen LogP contribution in [0.4, 0.5) is 0 Å². The van der Waals surface area contributed by atoms with Crippen molar-refractivity contribution >= 4 is 0 Å². The molecule has 138 valence electrons. The number of hydrogen-bond acceptors (Lipinski definition) is 2. The van der Waals surface area contributed by atoms with Gasteiger partial charge in [0.1, 0.15) is 0 Å². The molecule has 0 radical (unpaired) electrons. The summed E-state index contributed by atoms with van der Waals surface area (Å²) >= 11 is 0. The van der Waals surface area contributed by atoms with E-state index in [1.54, 1.807) is 16.7 Å². The number of hydrogen-bond donors (Lipinski definition) is 0. The van der Waals surface area contributed by atoms with Gasteiger partial charge in [0.15, 0.2) is 0 Å². The standard InChI is InChI=1S/C24H32N2/c1-18(2)25-12-10-22-9-8-20(15-24(22)17-25)14-19(3)26-13-11-21-6-4-5-7-23(21)16-26/h4-9,15,18-19H,10-14,16-17H2,1-3H3/t19-/m1/s1. The molecule has 0 aromatic heterocycles. The Morgan fingerprint density at radius 2 is 1.42 bits per heavy atom. The maximum atomic E-state index is 2.65. The highest BCUT2D eigenvalue weighted by molar-refractivity contribution is 5.34. The minimum absolute atomic E-state index is 0.589. The predicted octanol–water partition coefficient (Wildman–Crippen LogP) is 4.44. The summed E-state index contributed by atoms with van der Waals surface area (Å²) in [5.74, 6) is 0. The van der Waals surface area contributed by atoms with Crippen molar-refractivity contribution in [3.05, 3.63) is 70.3 Å². The highest BCUT2D eigenvalue weighted by Crippen LogP contribution is 2.25. The van der Waals surface area contributed by atoms with Gasteiger partial charge in [-0.25, -0.2) is 0 Å². The van der Waals surface area contributed by atoms with Crippen molar-refractivity contribution in [2.24, 2.45) is 0 Å². The van der Waals surface area contributed by atoms with Crippen LogP contribution in [0.5, 0.6) is 0 Å². The molecule has 0 fully saturated rings. The lowest BCUT2D eigenvalue weighted by molar-refractivity contribution is 0.189. The summed E-state index contributed by atoms with van der Waals surface area (Å²) in [5.41, 5.74) is 7.67. The Labute approximate surface area is 158 Å². The van der Waals surface area contributed by atoms with Gasteiger partial charge in [0.25, 0.3) is 0 Å². The molecule has 0 saturated carbocycles. The molecule has 26 heavy (non-hydrogen) atoms. The van der Waals surface area contributed by atoms with Gasteiger partial charge in [-0.05, 0) is 67.9 Å². The molecule has 2 aromatic carbocycles. The third-order valence-electron chi connectivity index (χ3n) is 6.36. The molecule has 2 aliphatic rings. The molecule has 0 unspecified atom stereocenters. The van der Waals surface area contributed by atoms with Gasteiger partial charge in [-0.2, -0.15) is 0 Å². The van der Waals surface area contributed by atoms with E-state index in [1.807, 2.05) is 0 Å². The molecular formula is C24H32N2. The molecule has 2 heteroatoms. The number of benzene rings is 2. The van der Waals surface area contributed by atoms with Crippen molar-refractivity contribution in [2.45, 2.75) is 65.2 Å². The minimum Gasteiger partial charge on any atom is -0.296 e. The van der Waals surface area contributed by atoms with Crippen LogP contribution < -0.4 is 0 Å². The monoisotopic (exact) mass is 348 g/mol. The predicted molar refractivity (Wildman–Crippen MR) is 109 cm³/mol. The normalized spacial score (nSPS) is 19.2. The van der Waals surface area contributed by atoms with Crippen molar-refractivity contribution in [3.8, 4) is 0 Å². The molecule has 2 aromatic rings. The van der Waals surface area contributed by atoms with Gasteiger partial charge in [-0.3, -0.25) is 9.80 Å². The van der Waals surface area contributed by atoms with Gasteiger partial charge >= 0.3 is 0 Å². The lowest BCUT2D eigenvalue weighted by Gasteiger charge is -2.34. The van der Waals surface area contributed by atoms with E-state index in [1.165, 1.54) is 37.1 Å². The van der Waals surface area contributed by atoms with Gasteiger partial charge in [-0.15, -0.1) is 0 Å². The van der Waals surface area contributed by atoms with Gasteiger partial charge < -0.3 is 0 Å². The summed E-state index contributed by atoms with van der Waals surface area (Å²) in [4.78, 5) is 5.25. The Morgan fingerprint density at radius 3 is 2.19 bits per heavy atom. The largest absolute Gasteiger partial charge is 0.296 e. The van der Waals surface area contributed by atoms with E-state index >= 15 is 0 Å². The zero-order valence-electron chi connectivity index (χ0n) is 16.5. The number of rotatable bonds is 4. The maximum Gasteiger partial charge on any atom is 0.0239 e. The fourth-order valence-corrected chi connectivity index (χ4v) is 4.56. The van der Waals surface area contributed by atoms with Crippen LogP contribution in [-0.4, -0.2) is 35.0 Å². The Hall–Kier alpha value is -1.64. The third kappa shape index (κ3) is 3.72. The van der Waals surface area contributed by atoms with Crippen LogP contribution in [0.2, 0.25) is 0 Å². The van der Waals surface area contributed by atoms with Gasteiger partial charge in [0.2, 0.25) is 0 Å². The average Bonchev–Trinajstić information content (AvgIpc) is 2.67. The van der Waals surface area contributed by atoms with E-state index in [2.05, 4.69) is 73.0 Å². The molecule has 2 nitrogen and oxygen atoms in total. The SMILES string of the molecule is CC(C)N1CCc2ccc(C[C@@H](C)N3CCc4ccccc4C3)cc2C1. The molecule has 0 N–H and O–H groups in total. The zero-order chi connectivity index (χ0) is 18.1. The molecule has 4 rings (SSSR count). The lowest BCUT2D eigenvalue weighted by atomic mass is 9.93.